The van der Waals surface area contributed by atoms with E-state index in [1.54, 1.807) is 11.8 Å². The summed E-state index contributed by atoms with van der Waals surface area (Å²) >= 11 is 1.56. The molecule has 0 unspecified atom stereocenters. The third-order valence-corrected chi connectivity index (χ3v) is 4.85. The van der Waals surface area contributed by atoms with Crippen molar-refractivity contribution in [2.24, 2.45) is 5.92 Å². The third-order valence-electron chi connectivity index (χ3n) is 4.30. The number of thioether (sulfide) groups is 1. The molecule has 1 aromatic carbocycles. The first-order valence-corrected chi connectivity index (χ1v) is 9.38. The number of nitrogens with one attached hydrogen (secondary N) is 1. The van der Waals surface area contributed by atoms with Crippen LogP contribution in [0.3, 0.4) is 0 Å². The van der Waals surface area contributed by atoms with Gasteiger partial charge >= 0.3 is 0 Å². The Morgan fingerprint density at radius 1 is 1.13 bits per heavy atom. The van der Waals surface area contributed by atoms with Gasteiger partial charge in [0.15, 0.2) is 5.16 Å². The van der Waals surface area contributed by atoms with Crippen LogP contribution in [0.4, 0.5) is 17.2 Å². The first-order chi connectivity index (χ1) is 11.1. The first kappa shape index (κ1) is 16.1. The molecule has 5 heteroatoms. The van der Waals surface area contributed by atoms with Crippen molar-refractivity contribution >= 4 is 29.0 Å². The lowest BCUT2D eigenvalue weighted by Crippen LogP contribution is -2.32. The fourth-order valence-electron chi connectivity index (χ4n) is 2.87. The number of benzene rings is 1. The van der Waals surface area contributed by atoms with Gasteiger partial charge in [0.05, 0.1) is 0 Å². The highest BCUT2D eigenvalue weighted by molar-refractivity contribution is 7.98. The van der Waals surface area contributed by atoms with Crippen LogP contribution in [0.25, 0.3) is 0 Å². The van der Waals surface area contributed by atoms with Crippen LogP contribution in [-0.2, 0) is 0 Å². The average molecular weight is 328 g/mol. The molecule has 1 saturated heterocycles. The molecular formula is C18H24N4S. The molecule has 0 radical (unpaired) electrons. The summed E-state index contributed by atoms with van der Waals surface area (Å²) in [5.74, 6) is 1.71. The molecule has 0 atom stereocenters. The Morgan fingerprint density at radius 2 is 1.83 bits per heavy atom. The van der Waals surface area contributed by atoms with Crippen LogP contribution in [-0.4, -0.2) is 29.3 Å². The Labute approximate surface area is 142 Å². The van der Waals surface area contributed by atoms with Crippen molar-refractivity contribution in [3.8, 4) is 0 Å². The van der Waals surface area contributed by atoms with Crippen LogP contribution in [0, 0.1) is 12.8 Å². The molecule has 1 aromatic heterocycles. The summed E-state index contributed by atoms with van der Waals surface area (Å²) < 4.78 is 0. The van der Waals surface area contributed by atoms with Crippen molar-refractivity contribution in [1.82, 2.24) is 9.97 Å². The first-order valence-electron chi connectivity index (χ1n) is 8.16. The lowest BCUT2D eigenvalue weighted by Gasteiger charge is -2.32. The van der Waals surface area contributed by atoms with Gasteiger partial charge in [0.25, 0.3) is 0 Å². The highest BCUT2D eigenvalue weighted by Crippen LogP contribution is 2.25. The summed E-state index contributed by atoms with van der Waals surface area (Å²) in [4.78, 5) is 11.4. The Balaban J connectivity index is 1.69. The minimum absolute atomic E-state index is 0.798. The number of anilines is 3. The van der Waals surface area contributed by atoms with Gasteiger partial charge in [-0.25, -0.2) is 9.97 Å². The maximum Gasteiger partial charge on any atom is 0.189 e. The molecule has 1 fully saturated rings. The highest BCUT2D eigenvalue weighted by Gasteiger charge is 2.15. The van der Waals surface area contributed by atoms with E-state index < -0.39 is 0 Å². The number of rotatable bonds is 4. The van der Waals surface area contributed by atoms with E-state index in [1.807, 2.05) is 19.2 Å². The summed E-state index contributed by atoms with van der Waals surface area (Å²) in [6.07, 6.45) is 4.57. The van der Waals surface area contributed by atoms with Crippen LogP contribution < -0.4 is 10.2 Å². The molecule has 0 bridgehead atoms. The van der Waals surface area contributed by atoms with E-state index >= 15 is 0 Å². The molecular weight excluding hydrogens is 304 g/mol. The van der Waals surface area contributed by atoms with Gasteiger partial charge in [0, 0.05) is 36.2 Å². The van der Waals surface area contributed by atoms with Crippen molar-refractivity contribution in [3.63, 3.8) is 0 Å². The van der Waals surface area contributed by atoms with Gasteiger partial charge in [-0.2, -0.15) is 0 Å². The van der Waals surface area contributed by atoms with Gasteiger partial charge in [-0.1, -0.05) is 18.7 Å². The van der Waals surface area contributed by atoms with Crippen molar-refractivity contribution < 1.29 is 0 Å². The number of aryl methyl sites for hydroxylation is 1. The van der Waals surface area contributed by atoms with Gasteiger partial charge in [-0.3, -0.25) is 0 Å². The van der Waals surface area contributed by atoms with Crippen LogP contribution in [0.5, 0.6) is 0 Å². The van der Waals surface area contributed by atoms with E-state index in [4.69, 9.17) is 0 Å². The number of hydrogen-bond acceptors (Lipinski definition) is 5. The zero-order valence-electron chi connectivity index (χ0n) is 14.0. The summed E-state index contributed by atoms with van der Waals surface area (Å²) in [5.41, 5.74) is 3.35. The standard InChI is InChI=1S/C18H24N4S/c1-13-8-10-22(11-9-13)16-6-4-15(5-7-16)20-17-12-14(2)19-18(21-17)23-3/h4-7,12-13H,8-11H2,1-3H3,(H,19,20,21). The van der Waals surface area contributed by atoms with Gasteiger partial charge < -0.3 is 10.2 Å². The van der Waals surface area contributed by atoms with E-state index in [1.165, 1.54) is 18.5 Å². The summed E-state index contributed by atoms with van der Waals surface area (Å²) in [7, 11) is 0. The average Bonchev–Trinajstić information content (AvgIpc) is 2.56. The molecule has 23 heavy (non-hydrogen) atoms. The van der Waals surface area contributed by atoms with E-state index in [2.05, 4.69) is 51.4 Å². The summed E-state index contributed by atoms with van der Waals surface area (Å²) in [6.45, 7) is 6.66. The monoisotopic (exact) mass is 328 g/mol. The fourth-order valence-corrected chi connectivity index (χ4v) is 3.29. The Bertz CT molecular complexity index is 649. The van der Waals surface area contributed by atoms with E-state index in [0.717, 1.165) is 41.4 Å². The predicted octanol–water partition coefficient (Wildman–Crippen LogP) is 4.49. The molecule has 1 aliphatic heterocycles. The minimum Gasteiger partial charge on any atom is -0.372 e. The molecule has 0 amide bonds. The molecule has 0 aliphatic carbocycles. The number of nitrogens with zero attached hydrogens (tertiary/aromatic N) is 3. The molecule has 0 spiro atoms. The van der Waals surface area contributed by atoms with Crippen LogP contribution in [0.1, 0.15) is 25.5 Å². The Hall–Kier alpha value is -1.75. The largest absolute Gasteiger partial charge is 0.372 e. The highest BCUT2D eigenvalue weighted by atomic mass is 32.2. The van der Waals surface area contributed by atoms with E-state index in [0.29, 0.717) is 0 Å². The molecule has 122 valence electrons. The lowest BCUT2D eigenvalue weighted by molar-refractivity contribution is 0.438. The van der Waals surface area contributed by atoms with Crippen molar-refractivity contribution in [1.29, 1.82) is 0 Å². The van der Waals surface area contributed by atoms with Crippen molar-refractivity contribution in [2.45, 2.75) is 31.8 Å². The number of aromatic nitrogens is 2. The van der Waals surface area contributed by atoms with E-state index in [9.17, 15) is 0 Å². The number of hydrogen-bond donors (Lipinski definition) is 1. The van der Waals surface area contributed by atoms with E-state index in [-0.39, 0.29) is 0 Å². The topological polar surface area (TPSA) is 41.1 Å². The molecule has 2 heterocycles. The van der Waals surface area contributed by atoms with Crippen LogP contribution in [0.15, 0.2) is 35.5 Å². The maximum atomic E-state index is 4.50. The third kappa shape index (κ3) is 4.16. The number of piperidine rings is 1. The normalized spacial score (nSPS) is 15.7. The van der Waals surface area contributed by atoms with Crippen LogP contribution in [0.2, 0.25) is 0 Å². The van der Waals surface area contributed by atoms with Gasteiger partial charge in [-0.15, -0.1) is 0 Å². The minimum atomic E-state index is 0.798. The second-order valence-corrected chi connectivity index (χ2v) is 7.00. The SMILES string of the molecule is CSc1nc(C)cc(Nc2ccc(N3CCC(C)CC3)cc2)n1. The Kier molecular flexibility index (Phi) is 5.06. The summed E-state index contributed by atoms with van der Waals surface area (Å²) in [6, 6.07) is 10.6. The van der Waals surface area contributed by atoms with Crippen molar-refractivity contribution in [3.05, 3.63) is 36.0 Å². The second kappa shape index (κ2) is 7.21. The fraction of sp³-hybridized carbons (Fsp3) is 0.444. The summed E-state index contributed by atoms with van der Waals surface area (Å²) in [5, 5.41) is 4.17. The van der Waals surface area contributed by atoms with Crippen molar-refractivity contribution in [2.75, 3.05) is 29.6 Å². The van der Waals surface area contributed by atoms with Gasteiger partial charge in [0.2, 0.25) is 0 Å². The lowest BCUT2D eigenvalue weighted by atomic mass is 9.99. The molecule has 1 aliphatic rings. The molecule has 0 saturated carbocycles. The zero-order chi connectivity index (χ0) is 16.2. The molecule has 4 nitrogen and oxygen atoms in total. The second-order valence-electron chi connectivity index (χ2n) is 6.22. The molecule has 2 aromatic rings. The van der Waals surface area contributed by atoms with Gasteiger partial charge in [-0.05, 0) is 56.2 Å². The van der Waals surface area contributed by atoms with Crippen LogP contribution >= 0.6 is 11.8 Å². The molecule has 3 rings (SSSR count). The predicted molar refractivity (Wildman–Crippen MR) is 98.9 cm³/mol. The zero-order valence-corrected chi connectivity index (χ0v) is 14.9. The molecule has 1 N–H and O–H groups in total. The quantitative estimate of drug-likeness (QED) is 0.661. The smallest absolute Gasteiger partial charge is 0.189 e. The van der Waals surface area contributed by atoms with Gasteiger partial charge in [0.1, 0.15) is 5.82 Å². The maximum absolute atomic E-state index is 4.50. The Morgan fingerprint density at radius 3 is 2.48 bits per heavy atom.